The van der Waals surface area contributed by atoms with E-state index in [9.17, 15) is 0 Å². The summed E-state index contributed by atoms with van der Waals surface area (Å²) in [5, 5.41) is 8.41. The third-order valence-electron chi connectivity index (χ3n) is 1.60. The van der Waals surface area contributed by atoms with Crippen molar-refractivity contribution in [3.05, 3.63) is 24.5 Å². The molecule has 1 rings (SSSR count). The molecule has 0 aliphatic rings. The summed E-state index contributed by atoms with van der Waals surface area (Å²) in [6, 6.07) is 0. The minimum absolute atomic E-state index is 0.0828. The molecule has 0 N–H and O–H groups in total. The topological polar surface area (TPSA) is 30.7 Å². The molecule has 12 heavy (non-hydrogen) atoms. The SMILES string of the molecule is C=CCn1ncc(C(C)(C)C)n1. The monoisotopic (exact) mass is 165 g/mol. The Balaban J connectivity index is 2.84. The fourth-order valence-electron chi connectivity index (χ4n) is 0.844. The van der Waals surface area contributed by atoms with Crippen molar-refractivity contribution in [2.24, 2.45) is 0 Å². The van der Waals surface area contributed by atoms with Gasteiger partial charge < -0.3 is 0 Å². The molecule has 1 heterocycles. The number of hydrogen-bond donors (Lipinski definition) is 0. The van der Waals surface area contributed by atoms with Crippen LogP contribution < -0.4 is 0 Å². The van der Waals surface area contributed by atoms with Gasteiger partial charge in [0.25, 0.3) is 0 Å². The van der Waals surface area contributed by atoms with E-state index in [1.165, 1.54) is 0 Å². The second kappa shape index (κ2) is 3.09. The molecule has 0 saturated heterocycles. The third-order valence-corrected chi connectivity index (χ3v) is 1.60. The summed E-state index contributed by atoms with van der Waals surface area (Å²) in [6.45, 7) is 10.7. The second-order valence-corrected chi connectivity index (χ2v) is 3.82. The van der Waals surface area contributed by atoms with Crippen molar-refractivity contribution < 1.29 is 0 Å². The van der Waals surface area contributed by atoms with Gasteiger partial charge in [-0.05, 0) is 0 Å². The molecule has 3 nitrogen and oxygen atoms in total. The quantitative estimate of drug-likeness (QED) is 0.625. The molecule has 0 spiro atoms. The van der Waals surface area contributed by atoms with Crippen LogP contribution in [0.1, 0.15) is 26.5 Å². The number of aromatic nitrogens is 3. The fourth-order valence-corrected chi connectivity index (χ4v) is 0.844. The maximum Gasteiger partial charge on any atom is 0.0880 e. The Hall–Kier alpha value is -1.12. The maximum absolute atomic E-state index is 4.31. The van der Waals surface area contributed by atoms with Gasteiger partial charge in [-0.3, -0.25) is 0 Å². The van der Waals surface area contributed by atoms with Crippen molar-refractivity contribution in [2.75, 3.05) is 0 Å². The van der Waals surface area contributed by atoms with Gasteiger partial charge in [0, 0.05) is 5.41 Å². The zero-order chi connectivity index (χ0) is 9.19. The third kappa shape index (κ3) is 1.94. The lowest BCUT2D eigenvalue weighted by Gasteiger charge is -2.13. The Kier molecular flexibility index (Phi) is 2.31. The predicted molar refractivity (Wildman–Crippen MR) is 48.9 cm³/mol. The average molecular weight is 165 g/mol. The van der Waals surface area contributed by atoms with Crippen molar-refractivity contribution >= 4 is 0 Å². The molecule has 66 valence electrons. The molecular weight excluding hydrogens is 150 g/mol. The van der Waals surface area contributed by atoms with E-state index in [0.717, 1.165) is 5.69 Å². The zero-order valence-electron chi connectivity index (χ0n) is 7.91. The Morgan fingerprint density at radius 2 is 2.25 bits per heavy atom. The van der Waals surface area contributed by atoms with Crippen molar-refractivity contribution in [2.45, 2.75) is 32.7 Å². The molecule has 1 aromatic rings. The van der Waals surface area contributed by atoms with E-state index in [4.69, 9.17) is 0 Å². The van der Waals surface area contributed by atoms with Gasteiger partial charge in [0.1, 0.15) is 0 Å². The van der Waals surface area contributed by atoms with Gasteiger partial charge in [0.05, 0.1) is 18.4 Å². The van der Waals surface area contributed by atoms with Crippen LogP contribution in [0.25, 0.3) is 0 Å². The van der Waals surface area contributed by atoms with Crippen LogP contribution >= 0.6 is 0 Å². The lowest BCUT2D eigenvalue weighted by atomic mass is 9.93. The summed E-state index contributed by atoms with van der Waals surface area (Å²) < 4.78 is 0. The van der Waals surface area contributed by atoms with Crippen LogP contribution in [0.3, 0.4) is 0 Å². The van der Waals surface area contributed by atoms with E-state index in [1.807, 2.05) is 6.20 Å². The Morgan fingerprint density at radius 1 is 1.58 bits per heavy atom. The number of hydrogen-bond acceptors (Lipinski definition) is 2. The molecule has 1 aromatic heterocycles. The highest BCUT2D eigenvalue weighted by Crippen LogP contribution is 2.18. The highest BCUT2D eigenvalue weighted by atomic mass is 15.5. The predicted octanol–water partition coefficient (Wildman–Crippen LogP) is 1.76. The minimum Gasteiger partial charge on any atom is -0.181 e. The van der Waals surface area contributed by atoms with E-state index >= 15 is 0 Å². The van der Waals surface area contributed by atoms with E-state index in [-0.39, 0.29) is 5.41 Å². The molecule has 0 aliphatic heterocycles. The molecule has 0 unspecified atom stereocenters. The number of allylic oxidation sites excluding steroid dienone is 1. The summed E-state index contributed by atoms with van der Waals surface area (Å²) in [5.74, 6) is 0. The minimum atomic E-state index is 0.0828. The normalized spacial score (nSPS) is 11.6. The standard InChI is InChI=1S/C9H15N3/c1-5-6-12-10-7-8(11-12)9(2,3)4/h5,7H,1,6H2,2-4H3. The first-order valence-electron chi connectivity index (χ1n) is 4.05. The Morgan fingerprint density at radius 3 is 2.67 bits per heavy atom. The largest absolute Gasteiger partial charge is 0.181 e. The van der Waals surface area contributed by atoms with Crippen LogP contribution in [0.5, 0.6) is 0 Å². The van der Waals surface area contributed by atoms with E-state index in [2.05, 4.69) is 37.5 Å². The van der Waals surface area contributed by atoms with Gasteiger partial charge in [0.2, 0.25) is 0 Å². The second-order valence-electron chi connectivity index (χ2n) is 3.82. The lowest BCUT2D eigenvalue weighted by Crippen LogP contribution is -2.12. The van der Waals surface area contributed by atoms with Crippen molar-refractivity contribution in [3.8, 4) is 0 Å². The summed E-state index contributed by atoms with van der Waals surface area (Å²) in [6.07, 6.45) is 3.59. The van der Waals surface area contributed by atoms with Crippen LogP contribution in [-0.2, 0) is 12.0 Å². The van der Waals surface area contributed by atoms with Crippen LogP contribution in [0.2, 0.25) is 0 Å². The van der Waals surface area contributed by atoms with Crippen molar-refractivity contribution in [1.82, 2.24) is 15.0 Å². The summed E-state index contributed by atoms with van der Waals surface area (Å²) in [5.41, 5.74) is 1.10. The van der Waals surface area contributed by atoms with Gasteiger partial charge in [-0.15, -0.1) is 6.58 Å². The van der Waals surface area contributed by atoms with Crippen molar-refractivity contribution in [3.63, 3.8) is 0 Å². The van der Waals surface area contributed by atoms with Gasteiger partial charge in [-0.2, -0.15) is 15.0 Å². The van der Waals surface area contributed by atoms with Gasteiger partial charge in [-0.1, -0.05) is 26.8 Å². The molecule has 0 aromatic carbocycles. The highest BCUT2D eigenvalue weighted by molar-refractivity contribution is 5.05. The van der Waals surface area contributed by atoms with Gasteiger partial charge >= 0.3 is 0 Å². The van der Waals surface area contributed by atoms with Gasteiger partial charge in [-0.25, -0.2) is 0 Å². The van der Waals surface area contributed by atoms with E-state index < -0.39 is 0 Å². The zero-order valence-corrected chi connectivity index (χ0v) is 7.91. The molecule has 0 aliphatic carbocycles. The molecule has 0 amide bonds. The first-order chi connectivity index (χ1) is 5.54. The molecule has 0 bridgehead atoms. The Labute approximate surface area is 73.1 Å². The van der Waals surface area contributed by atoms with Crippen LogP contribution in [-0.4, -0.2) is 15.0 Å². The molecule has 0 saturated carbocycles. The molecule has 3 heteroatoms. The van der Waals surface area contributed by atoms with E-state index in [0.29, 0.717) is 6.54 Å². The number of rotatable bonds is 2. The maximum atomic E-state index is 4.31. The highest BCUT2D eigenvalue weighted by Gasteiger charge is 2.17. The van der Waals surface area contributed by atoms with E-state index in [1.54, 1.807) is 10.9 Å². The first kappa shape index (κ1) is 8.97. The first-order valence-corrected chi connectivity index (χ1v) is 4.05. The summed E-state index contributed by atoms with van der Waals surface area (Å²) in [4.78, 5) is 1.65. The molecule has 0 fully saturated rings. The average Bonchev–Trinajstić information content (AvgIpc) is 2.35. The van der Waals surface area contributed by atoms with Crippen LogP contribution in [0, 0.1) is 0 Å². The van der Waals surface area contributed by atoms with Gasteiger partial charge in [0.15, 0.2) is 0 Å². The fraction of sp³-hybridized carbons (Fsp3) is 0.556. The smallest absolute Gasteiger partial charge is 0.0880 e. The Bertz CT molecular complexity index is 268. The molecule has 0 radical (unpaired) electrons. The molecule has 0 atom stereocenters. The molecular formula is C9H15N3. The van der Waals surface area contributed by atoms with Crippen LogP contribution in [0.15, 0.2) is 18.9 Å². The lowest BCUT2D eigenvalue weighted by molar-refractivity contribution is 0.533. The van der Waals surface area contributed by atoms with Crippen LogP contribution in [0.4, 0.5) is 0 Å². The summed E-state index contributed by atoms with van der Waals surface area (Å²) >= 11 is 0. The number of nitrogens with zero attached hydrogens (tertiary/aromatic N) is 3. The van der Waals surface area contributed by atoms with Crippen molar-refractivity contribution in [1.29, 1.82) is 0 Å². The summed E-state index contributed by atoms with van der Waals surface area (Å²) in [7, 11) is 0.